The number of benzene rings is 2. The molecule has 0 radical (unpaired) electrons. The van der Waals surface area contributed by atoms with Crippen molar-refractivity contribution in [2.75, 3.05) is 18.2 Å². The van der Waals surface area contributed by atoms with Crippen molar-refractivity contribution in [3.63, 3.8) is 0 Å². The first-order valence-electron chi connectivity index (χ1n) is 6.77. The number of anilines is 1. The predicted octanol–water partition coefficient (Wildman–Crippen LogP) is 4.17. The van der Waals surface area contributed by atoms with E-state index in [-0.39, 0.29) is 17.5 Å². The molecule has 0 unspecified atom stereocenters. The number of methoxy groups -OCH3 is 1. The molecular formula is C16H13FN2O2S2. The SMILES string of the molecule is COc1cccc2sc(NC(=O)CSc3ccc(F)cc3)nc12. The van der Waals surface area contributed by atoms with E-state index in [1.165, 1.54) is 35.2 Å². The summed E-state index contributed by atoms with van der Waals surface area (Å²) >= 11 is 2.74. The third-order valence-electron chi connectivity index (χ3n) is 3.03. The van der Waals surface area contributed by atoms with Crippen molar-refractivity contribution < 1.29 is 13.9 Å². The van der Waals surface area contributed by atoms with E-state index < -0.39 is 0 Å². The molecule has 0 bridgehead atoms. The van der Waals surface area contributed by atoms with Crippen molar-refractivity contribution in [1.82, 2.24) is 4.98 Å². The molecule has 1 amide bonds. The Kier molecular flexibility index (Phi) is 4.78. The van der Waals surface area contributed by atoms with E-state index in [2.05, 4.69) is 10.3 Å². The third-order valence-corrected chi connectivity index (χ3v) is 4.98. The first-order valence-corrected chi connectivity index (χ1v) is 8.57. The molecule has 1 N–H and O–H groups in total. The number of thiazole rings is 1. The van der Waals surface area contributed by atoms with Gasteiger partial charge in [0, 0.05) is 4.90 Å². The van der Waals surface area contributed by atoms with E-state index in [4.69, 9.17) is 4.74 Å². The highest BCUT2D eigenvalue weighted by atomic mass is 32.2. The molecule has 0 aliphatic carbocycles. The van der Waals surface area contributed by atoms with Crippen LogP contribution in [0.2, 0.25) is 0 Å². The third kappa shape index (κ3) is 3.80. The minimum Gasteiger partial charge on any atom is -0.494 e. The number of thioether (sulfide) groups is 1. The Bertz CT molecular complexity index is 834. The number of fused-ring (bicyclic) bond motifs is 1. The highest BCUT2D eigenvalue weighted by molar-refractivity contribution is 8.00. The Hall–Kier alpha value is -2.12. The number of carbonyl (C=O) groups excluding carboxylic acids is 1. The minimum absolute atomic E-state index is 0.155. The minimum atomic E-state index is -0.290. The van der Waals surface area contributed by atoms with Gasteiger partial charge in [-0.25, -0.2) is 9.37 Å². The lowest BCUT2D eigenvalue weighted by atomic mass is 10.3. The monoisotopic (exact) mass is 348 g/mol. The van der Waals surface area contributed by atoms with Crippen LogP contribution in [0.1, 0.15) is 0 Å². The molecule has 118 valence electrons. The Morgan fingerprint density at radius 2 is 2.09 bits per heavy atom. The van der Waals surface area contributed by atoms with Crippen LogP contribution in [0, 0.1) is 5.82 Å². The van der Waals surface area contributed by atoms with Gasteiger partial charge in [-0.1, -0.05) is 17.4 Å². The summed E-state index contributed by atoms with van der Waals surface area (Å²) in [6.45, 7) is 0. The number of hydrogen-bond acceptors (Lipinski definition) is 5. The van der Waals surface area contributed by atoms with Gasteiger partial charge in [0.25, 0.3) is 0 Å². The molecule has 23 heavy (non-hydrogen) atoms. The number of para-hydroxylation sites is 1. The van der Waals surface area contributed by atoms with E-state index in [1.54, 1.807) is 19.2 Å². The second-order valence-electron chi connectivity index (χ2n) is 4.62. The molecule has 7 heteroatoms. The molecule has 0 aliphatic heterocycles. The topological polar surface area (TPSA) is 51.2 Å². The van der Waals surface area contributed by atoms with Crippen molar-refractivity contribution in [3.05, 3.63) is 48.3 Å². The first-order chi connectivity index (χ1) is 11.2. The van der Waals surface area contributed by atoms with Gasteiger partial charge in [-0.15, -0.1) is 11.8 Å². The Morgan fingerprint density at radius 1 is 1.30 bits per heavy atom. The molecule has 0 saturated heterocycles. The summed E-state index contributed by atoms with van der Waals surface area (Å²) < 4.78 is 19.0. The molecule has 1 aromatic heterocycles. The van der Waals surface area contributed by atoms with Crippen LogP contribution < -0.4 is 10.1 Å². The largest absolute Gasteiger partial charge is 0.494 e. The molecule has 0 saturated carbocycles. The van der Waals surface area contributed by atoms with Gasteiger partial charge in [0.1, 0.15) is 17.1 Å². The maximum atomic E-state index is 12.8. The second-order valence-corrected chi connectivity index (χ2v) is 6.70. The molecule has 1 heterocycles. The lowest BCUT2D eigenvalue weighted by Crippen LogP contribution is -2.13. The molecule has 3 rings (SSSR count). The smallest absolute Gasteiger partial charge is 0.236 e. The Labute approximate surface area is 140 Å². The normalized spacial score (nSPS) is 10.7. The van der Waals surface area contributed by atoms with Gasteiger partial charge in [-0.2, -0.15) is 0 Å². The van der Waals surface area contributed by atoms with Crippen LogP contribution in [-0.2, 0) is 4.79 Å². The second kappa shape index (κ2) is 6.97. The number of nitrogens with one attached hydrogen (secondary N) is 1. The van der Waals surface area contributed by atoms with Crippen LogP contribution >= 0.6 is 23.1 Å². The Morgan fingerprint density at radius 3 is 2.83 bits per heavy atom. The molecular weight excluding hydrogens is 335 g/mol. The zero-order valence-corrected chi connectivity index (χ0v) is 13.8. The summed E-state index contributed by atoms with van der Waals surface area (Å²) in [4.78, 5) is 17.2. The van der Waals surface area contributed by atoms with Crippen molar-refractivity contribution in [3.8, 4) is 5.75 Å². The van der Waals surface area contributed by atoms with Gasteiger partial charge < -0.3 is 10.1 Å². The van der Waals surface area contributed by atoms with Crippen molar-refractivity contribution in [2.24, 2.45) is 0 Å². The highest BCUT2D eigenvalue weighted by Gasteiger charge is 2.11. The predicted molar refractivity (Wildman–Crippen MR) is 91.9 cm³/mol. The maximum absolute atomic E-state index is 12.8. The summed E-state index contributed by atoms with van der Waals surface area (Å²) in [5.41, 5.74) is 0.737. The fourth-order valence-corrected chi connectivity index (χ4v) is 3.57. The Balaban J connectivity index is 1.64. The van der Waals surface area contributed by atoms with Crippen molar-refractivity contribution >= 4 is 44.4 Å². The lowest BCUT2D eigenvalue weighted by Gasteiger charge is -2.02. The van der Waals surface area contributed by atoms with E-state index in [1.807, 2.05) is 18.2 Å². The number of ether oxygens (including phenoxy) is 1. The standard InChI is InChI=1S/C16H13FN2O2S2/c1-21-12-3-2-4-13-15(12)19-16(23-13)18-14(20)9-22-11-7-5-10(17)6-8-11/h2-8H,9H2,1H3,(H,18,19,20). The van der Waals surface area contributed by atoms with Crippen molar-refractivity contribution in [2.45, 2.75) is 4.90 Å². The fourth-order valence-electron chi connectivity index (χ4n) is 1.98. The summed E-state index contributed by atoms with van der Waals surface area (Å²) in [5.74, 6) is 0.470. The fraction of sp³-hybridized carbons (Fsp3) is 0.125. The number of halogens is 1. The maximum Gasteiger partial charge on any atom is 0.236 e. The van der Waals surface area contributed by atoms with Crippen LogP contribution in [0.25, 0.3) is 10.2 Å². The van der Waals surface area contributed by atoms with E-state index in [9.17, 15) is 9.18 Å². The molecule has 0 aliphatic rings. The van der Waals surface area contributed by atoms with E-state index in [0.717, 1.165) is 15.1 Å². The van der Waals surface area contributed by atoms with Crippen molar-refractivity contribution in [1.29, 1.82) is 0 Å². The van der Waals surface area contributed by atoms with E-state index >= 15 is 0 Å². The summed E-state index contributed by atoms with van der Waals surface area (Å²) in [6, 6.07) is 11.7. The molecule has 4 nitrogen and oxygen atoms in total. The zero-order chi connectivity index (χ0) is 16.2. The summed E-state index contributed by atoms with van der Waals surface area (Å²) in [6.07, 6.45) is 0. The van der Waals surface area contributed by atoms with Crippen LogP contribution in [0.5, 0.6) is 5.75 Å². The molecule has 2 aromatic carbocycles. The van der Waals surface area contributed by atoms with Gasteiger partial charge in [0.2, 0.25) is 5.91 Å². The number of hydrogen-bond donors (Lipinski definition) is 1. The van der Waals surface area contributed by atoms with E-state index in [0.29, 0.717) is 10.9 Å². The molecule has 0 spiro atoms. The van der Waals surface area contributed by atoms with Gasteiger partial charge in [-0.3, -0.25) is 4.79 Å². The van der Waals surface area contributed by atoms with Crippen LogP contribution in [-0.4, -0.2) is 23.8 Å². The number of carbonyl (C=O) groups is 1. The van der Waals surface area contributed by atoms with Crippen LogP contribution in [0.15, 0.2) is 47.4 Å². The zero-order valence-electron chi connectivity index (χ0n) is 12.2. The quantitative estimate of drug-likeness (QED) is 0.703. The van der Waals surface area contributed by atoms with Gasteiger partial charge >= 0.3 is 0 Å². The number of nitrogens with zero attached hydrogens (tertiary/aromatic N) is 1. The average Bonchev–Trinajstić information content (AvgIpc) is 2.96. The lowest BCUT2D eigenvalue weighted by molar-refractivity contribution is -0.113. The first kappa shape index (κ1) is 15.8. The van der Waals surface area contributed by atoms with Crippen LogP contribution in [0.4, 0.5) is 9.52 Å². The molecule has 3 aromatic rings. The number of rotatable bonds is 5. The summed E-state index contributed by atoms with van der Waals surface area (Å²) in [5, 5.41) is 3.32. The van der Waals surface area contributed by atoms with Crippen LogP contribution in [0.3, 0.4) is 0 Å². The molecule has 0 fully saturated rings. The van der Waals surface area contributed by atoms with Gasteiger partial charge in [0.15, 0.2) is 5.13 Å². The number of amides is 1. The highest BCUT2D eigenvalue weighted by Crippen LogP contribution is 2.32. The van der Waals surface area contributed by atoms with Gasteiger partial charge in [-0.05, 0) is 36.4 Å². The average molecular weight is 348 g/mol. The number of aromatic nitrogens is 1. The summed E-state index contributed by atoms with van der Waals surface area (Å²) in [7, 11) is 1.59. The molecule has 0 atom stereocenters. The van der Waals surface area contributed by atoms with Gasteiger partial charge in [0.05, 0.1) is 17.6 Å².